The van der Waals surface area contributed by atoms with E-state index in [1.807, 2.05) is 32.0 Å². The number of benzene rings is 3. The topological polar surface area (TPSA) is 56.5 Å². The first-order valence-electron chi connectivity index (χ1n) is 11.0. The fourth-order valence-corrected chi connectivity index (χ4v) is 5.14. The van der Waals surface area contributed by atoms with Crippen molar-refractivity contribution < 1.29 is 4.74 Å². The third-order valence-electron chi connectivity index (χ3n) is 5.60. The fraction of sp³-hybridized carbons (Fsp3) is 0.192. The van der Waals surface area contributed by atoms with Gasteiger partial charge < -0.3 is 4.74 Å². The van der Waals surface area contributed by atoms with Gasteiger partial charge in [0.2, 0.25) is 0 Å². The molecule has 0 fully saturated rings. The maximum Gasteiger partial charge on any atom is 0.282 e. The van der Waals surface area contributed by atoms with E-state index in [2.05, 4.69) is 37.0 Å². The number of rotatable bonds is 7. The first-order valence-corrected chi connectivity index (χ1v) is 13.7. The summed E-state index contributed by atoms with van der Waals surface area (Å²) in [5, 5.41) is 6.43. The monoisotopic (exact) mass is 669 g/mol. The minimum atomic E-state index is -0.257. The average Bonchev–Trinajstić information content (AvgIpc) is 2.84. The Labute approximate surface area is 240 Å². The molecular formula is C26H20Br2Cl3N3O2. The second kappa shape index (κ2) is 11.7. The Balaban J connectivity index is 1.77. The Bertz CT molecular complexity index is 1540. The third kappa shape index (κ3) is 5.97. The Morgan fingerprint density at radius 2 is 1.86 bits per heavy atom. The van der Waals surface area contributed by atoms with Gasteiger partial charge in [-0.05, 0) is 70.4 Å². The number of fused-ring (bicyclic) bond motifs is 1. The van der Waals surface area contributed by atoms with Crippen LogP contribution < -0.4 is 10.3 Å². The maximum absolute atomic E-state index is 13.4. The molecule has 1 aromatic heterocycles. The molecule has 4 aromatic rings. The van der Waals surface area contributed by atoms with Gasteiger partial charge in [0.1, 0.15) is 18.2 Å². The molecule has 0 radical (unpaired) electrons. The normalized spacial score (nSPS) is 12.4. The SMILES string of the molecule is CC[C@H](C)c1nc2ccc(Br)cc2c(=O)n1N=Cc1cc(Cl)cc(Br)c1OCc1ccc(Cl)c(Cl)c1. The van der Waals surface area contributed by atoms with Crippen LogP contribution in [-0.4, -0.2) is 15.9 Å². The number of ether oxygens (including phenoxy) is 1. The average molecular weight is 673 g/mol. The molecule has 3 aromatic carbocycles. The lowest BCUT2D eigenvalue weighted by Crippen LogP contribution is -2.23. The number of halogens is 5. The molecule has 0 spiro atoms. The van der Waals surface area contributed by atoms with Crippen LogP contribution >= 0.6 is 66.7 Å². The molecule has 0 N–H and O–H groups in total. The molecule has 0 unspecified atom stereocenters. The molecule has 0 aliphatic carbocycles. The van der Waals surface area contributed by atoms with Crippen LogP contribution in [-0.2, 0) is 6.61 Å². The largest absolute Gasteiger partial charge is 0.487 e. The smallest absolute Gasteiger partial charge is 0.282 e. The summed E-state index contributed by atoms with van der Waals surface area (Å²) in [7, 11) is 0. The van der Waals surface area contributed by atoms with E-state index in [1.165, 1.54) is 4.68 Å². The van der Waals surface area contributed by atoms with Gasteiger partial charge in [-0.3, -0.25) is 4.79 Å². The first kappa shape index (κ1) is 27.1. The molecule has 36 heavy (non-hydrogen) atoms. The molecule has 0 amide bonds. The molecule has 1 heterocycles. The quantitative estimate of drug-likeness (QED) is 0.185. The summed E-state index contributed by atoms with van der Waals surface area (Å²) in [4.78, 5) is 18.2. The summed E-state index contributed by atoms with van der Waals surface area (Å²) in [5.41, 5.74) is 1.80. The van der Waals surface area contributed by atoms with Crippen molar-refractivity contribution in [2.24, 2.45) is 5.10 Å². The van der Waals surface area contributed by atoms with E-state index in [0.717, 1.165) is 16.5 Å². The van der Waals surface area contributed by atoms with E-state index in [-0.39, 0.29) is 18.1 Å². The van der Waals surface area contributed by atoms with Crippen molar-refractivity contribution in [3.63, 3.8) is 0 Å². The maximum atomic E-state index is 13.4. The van der Waals surface area contributed by atoms with E-state index in [0.29, 0.717) is 47.6 Å². The molecule has 0 saturated carbocycles. The van der Waals surface area contributed by atoms with E-state index in [4.69, 9.17) is 44.5 Å². The lowest BCUT2D eigenvalue weighted by Gasteiger charge is -2.15. The number of hydrogen-bond acceptors (Lipinski definition) is 4. The van der Waals surface area contributed by atoms with Gasteiger partial charge in [0.05, 0.1) is 31.6 Å². The van der Waals surface area contributed by atoms with Crippen molar-refractivity contribution in [1.29, 1.82) is 0 Å². The zero-order chi connectivity index (χ0) is 26.0. The van der Waals surface area contributed by atoms with E-state index >= 15 is 0 Å². The molecule has 5 nitrogen and oxygen atoms in total. The van der Waals surface area contributed by atoms with Crippen molar-refractivity contribution >= 4 is 83.8 Å². The van der Waals surface area contributed by atoms with Crippen LogP contribution in [0.3, 0.4) is 0 Å². The fourth-order valence-electron chi connectivity index (χ4n) is 3.51. The second-order valence-corrected chi connectivity index (χ2v) is 11.2. The highest BCUT2D eigenvalue weighted by atomic mass is 79.9. The van der Waals surface area contributed by atoms with Crippen LogP contribution in [0.2, 0.25) is 15.1 Å². The number of aromatic nitrogens is 2. The zero-order valence-electron chi connectivity index (χ0n) is 19.2. The molecular weight excluding hydrogens is 652 g/mol. The first-order chi connectivity index (χ1) is 17.2. The van der Waals surface area contributed by atoms with Crippen LogP contribution in [0.4, 0.5) is 0 Å². The van der Waals surface area contributed by atoms with Gasteiger partial charge in [-0.15, -0.1) is 0 Å². The van der Waals surface area contributed by atoms with E-state index in [1.54, 1.807) is 36.5 Å². The summed E-state index contributed by atoms with van der Waals surface area (Å²) in [6.07, 6.45) is 2.35. The second-order valence-electron chi connectivity index (χ2n) is 8.15. The van der Waals surface area contributed by atoms with Crippen LogP contribution in [0, 0.1) is 0 Å². The highest BCUT2D eigenvalue weighted by molar-refractivity contribution is 9.10. The minimum absolute atomic E-state index is 0.0133. The van der Waals surface area contributed by atoms with E-state index in [9.17, 15) is 4.79 Å². The van der Waals surface area contributed by atoms with Crippen LogP contribution in [0.1, 0.15) is 43.1 Å². The van der Waals surface area contributed by atoms with Gasteiger partial charge in [0, 0.05) is 21.0 Å². The zero-order valence-corrected chi connectivity index (χ0v) is 24.7. The molecule has 1 atom stereocenters. The number of hydrogen-bond donors (Lipinski definition) is 0. The van der Waals surface area contributed by atoms with Crippen molar-refractivity contribution in [2.45, 2.75) is 32.8 Å². The van der Waals surface area contributed by atoms with Crippen LogP contribution in [0.15, 0.2) is 67.4 Å². The van der Waals surface area contributed by atoms with Crippen LogP contribution in [0.25, 0.3) is 10.9 Å². The summed E-state index contributed by atoms with van der Waals surface area (Å²) in [5.74, 6) is 1.11. The van der Waals surface area contributed by atoms with Crippen molar-refractivity contribution in [2.75, 3.05) is 0 Å². The predicted molar refractivity (Wildman–Crippen MR) is 155 cm³/mol. The van der Waals surface area contributed by atoms with Gasteiger partial charge in [-0.2, -0.15) is 9.78 Å². The third-order valence-corrected chi connectivity index (χ3v) is 7.64. The summed E-state index contributed by atoms with van der Waals surface area (Å²) >= 11 is 25.4. The van der Waals surface area contributed by atoms with Gasteiger partial charge in [0.25, 0.3) is 5.56 Å². The highest BCUT2D eigenvalue weighted by Gasteiger charge is 2.16. The van der Waals surface area contributed by atoms with Gasteiger partial charge in [-0.1, -0.05) is 70.6 Å². The van der Waals surface area contributed by atoms with Crippen molar-refractivity contribution in [1.82, 2.24) is 9.66 Å². The van der Waals surface area contributed by atoms with Crippen molar-refractivity contribution in [3.05, 3.63) is 99.8 Å². The van der Waals surface area contributed by atoms with Gasteiger partial charge >= 0.3 is 0 Å². The Hall–Kier alpha value is -1.90. The predicted octanol–water partition coefficient (Wildman–Crippen LogP) is 8.86. The molecule has 4 rings (SSSR count). The summed E-state index contributed by atoms with van der Waals surface area (Å²) in [6.45, 7) is 4.29. The standard InChI is InChI=1S/C26H20Br2Cl3N3O2/c1-3-14(2)25-33-23-7-5-17(27)10-19(23)26(35)34(25)32-12-16-9-18(29)11-20(28)24(16)36-13-15-4-6-21(30)22(31)8-15/h4-12,14H,3,13H2,1-2H3/t14-/m0/s1. The summed E-state index contributed by atoms with van der Waals surface area (Å²) < 4.78 is 8.88. The molecule has 186 valence electrons. The Kier molecular flexibility index (Phi) is 8.79. The van der Waals surface area contributed by atoms with Gasteiger partial charge in [-0.25, -0.2) is 4.98 Å². The van der Waals surface area contributed by atoms with Gasteiger partial charge in [0.15, 0.2) is 0 Å². The highest BCUT2D eigenvalue weighted by Crippen LogP contribution is 2.33. The number of nitrogens with zero attached hydrogens (tertiary/aromatic N) is 3. The molecule has 0 aliphatic heterocycles. The Morgan fingerprint density at radius 1 is 1.08 bits per heavy atom. The molecule has 10 heteroatoms. The molecule has 0 aliphatic rings. The van der Waals surface area contributed by atoms with Crippen LogP contribution in [0.5, 0.6) is 5.75 Å². The molecule has 0 bridgehead atoms. The van der Waals surface area contributed by atoms with Crippen molar-refractivity contribution in [3.8, 4) is 5.75 Å². The Morgan fingerprint density at radius 3 is 2.58 bits per heavy atom. The lowest BCUT2D eigenvalue weighted by atomic mass is 10.1. The summed E-state index contributed by atoms with van der Waals surface area (Å²) in [6, 6.07) is 14.2. The molecule has 0 saturated heterocycles. The van der Waals surface area contributed by atoms with E-state index < -0.39 is 0 Å². The minimum Gasteiger partial charge on any atom is -0.487 e. The lowest BCUT2D eigenvalue weighted by molar-refractivity contribution is 0.304.